The molecule has 0 unspecified atom stereocenters. The van der Waals surface area contributed by atoms with Gasteiger partial charge in [-0.3, -0.25) is 4.98 Å². The predicted octanol–water partition coefficient (Wildman–Crippen LogP) is 2.18. The van der Waals surface area contributed by atoms with Gasteiger partial charge in [-0.05, 0) is 30.9 Å². The van der Waals surface area contributed by atoms with Crippen LogP contribution < -0.4 is 10.2 Å². The van der Waals surface area contributed by atoms with E-state index in [1.165, 1.54) is 24.1 Å². The topological polar surface area (TPSA) is 28.2 Å². The van der Waals surface area contributed by atoms with E-state index in [9.17, 15) is 0 Å². The van der Waals surface area contributed by atoms with Gasteiger partial charge in [0.2, 0.25) is 0 Å². The van der Waals surface area contributed by atoms with Gasteiger partial charge >= 0.3 is 0 Å². The first-order valence-electron chi connectivity index (χ1n) is 6.69. The third-order valence-corrected chi connectivity index (χ3v) is 3.16. The summed E-state index contributed by atoms with van der Waals surface area (Å²) in [7, 11) is 0. The summed E-state index contributed by atoms with van der Waals surface area (Å²) < 4.78 is 0. The molecule has 0 atom stereocenters. The van der Waals surface area contributed by atoms with Crippen molar-refractivity contribution in [3.8, 4) is 12.3 Å². The van der Waals surface area contributed by atoms with Crippen LogP contribution in [0.2, 0.25) is 0 Å². The van der Waals surface area contributed by atoms with E-state index in [-0.39, 0.29) is 0 Å². The molecule has 1 fully saturated rings. The fourth-order valence-electron chi connectivity index (χ4n) is 2.06. The van der Waals surface area contributed by atoms with Gasteiger partial charge < -0.3 is 10.2 Å². The lowest BCUT2D eigenvalue weighted by Crippen LogP contribution is -2.27. The Morgan fingerprint density at radius 1 is 1.56 bits per heavy atom. The van der Waals surface area contributed by atoms with Gasteiger partial charge in [-0.25, -0.2) is 0 Å². The molecule has 18 heavy (non-hydrogen) atoms. The molecule has 0 amide bonds. The van der Waals surface area contributed by atoms with Crippen LogP contribution >= 0.6 is 0 Å². The number of hydrogen-bond acceptors (Lipinski definition) is 3. The fraction of sp³-hybridized carbons (Fsp3) is 0.533. The zero-order chi connectivity index (χ0) is 12.8. The smallest absolute Gasteiger partial charge is 0.0792 e. The molecule has 1 saturated carbocycles. The Hall–Kier alpha value is -1.53. The first-order valence-corrected chi connectivity index (χ1v) is 6.69. The van der Waals surface area contributed by atoms with E-state index in [1.54, 1.807) is 0 Å². The van der Waals surface area contributed by atoms with Crippen molar-refractivity contribution in [1.29, 1.82) is 0 Å². The van der Waals surface area contributed by atoms with Gasteiger partial charge in [0.1, 0.15) is 0 Å². The summed E-state index contributed by atoms with van der Waals surface area (Å²) in [6.45, 7) is 4.71. The van der Waals surface area contributed by atoms with Crippen LogP contribution in [0.3, 0.4) is 0 Å². The number of hydrogen-bond donors (Lipinski definition) is 1. The third kappa shape index (κ3) is 3.48. The van der Waals surface area contributed by atoms with E-state index in [0.717, 1.165) is 25.6 Å². The minimum Gasteiger partial charge on any atom is -0.359 e. The minimum atomic E-state index is 0.649. The largest absolute Gasteiger partial charge is 0.359 e. The summed E-state index contributed by atoms with van der Waals surface area (Å²) in [6, 6.07) is 2.81. The van der Waals surface area contributed by atoms with Gasteiger partial charge in [-0.2, -0.15) is 0 Å². The van der Waals surface area contributed by atoms with E-state index < -0.39 is 0 Å². The average molecular weight is 243 g/mol. The fourth-order valence-corrected chi connectivity index (χ4v) is 2.06. The number of anilines is 1. The lowest BCUT2D eigenvalue weighted by Gasteiger charge is -2.24. The summed E-state index contributed by atoms with van der Waals surface area (Å²) in [5.41, 5.74) is 2.46. The second-order valence-corrected chi connectivity index (χ2v) is 4.79. The standard InChI is InChI=1S/C15H21N3/c1-3-9-18(10-4-2)15-12-16-8-7-13(15)11-17-14-5-6-14/h1,7-8,12,14,17H,4-6,9-11H2,2H3. The Bertz CT molecular complexity index is 418. The maximum absolute atomic E-state index is 5.45. The van der Waals surface area contributed by atoms with Crippen LogP contribution in [-0.2, 0) is 6.54 Å². The number of nitrogens with zero attached hydrogens (tertiary/aromatic N) is 2. The Morgan fingerprint density at radius 3 is 3.06 bits per heavy atom. The molecule has 0 aromatic carbocycles. The first kappa shape index (κ1) is 12.9. The number of terminal acetylenes is 1. The quantitative estimate of drug-likeness (QED) is 0.744. The maximum atomic E-state index is 5.45. The van der Waals surface area contributed by atoms with Crippen LogP contribution in [0.1, 0.15) is 31.7 Å². The van der Waals surface area contributed by atoms with Crippen LogP contribution in [0, 0.1) is 12.3 Å². The molecule has 0 aliphatic heterocycles. The molecule has 1 heterocycles. The van der Waals surface area contributed by atoms with Crippen molar-refractivity contribution < 1.29 is 0 Å². The van der Waals surface area contributed by atoms with Gasteiger partial charge in [-0.1, -0.05) is 12.8 Å². The number of rotatable bonds is 7. The highest BCUT2D eigenvalue weighted by Gasteiger charge is 2.20. The van der Waals surface area contributed by atoms with Crippen LogP contribution in [0.4, 0.5) is 5.69 Å². The highest BCUT2D eigenvalue weighted by Crippen LogP contribution is 2.23. The molecule has 0 spiro atoms. The minimum absolute atomic E-state index is 0.649. The van der Waals surface area contributed by atoms with Crippen LogP contribution in [0.25, 0.3) is 0 Å². The van der Waals surface area contributed by atoms with Gasteiger partial charge in [0, 0.05) is 25.3 Å². The lowest BCUT2D eigenvalue weighted by atomic mass is 10.2. The molecule has 3 nitrogen and oxygen atoms in total. The van der Waals surface area contributed by atoms with Crippen molar-refractivity contribution in [3.63, 3.8) is 0 Å². The summed E-state index contributed by atoms with van der Waals surface area (Å²) in [5.74, 6) is 2.73. The lowest BCUT2D eigenvalue weighted by molar-refractivity contribution is 0.683. The van der Waals surface area contributed by atoms with E-state index in [1.807, 2.05) is 12.4 Å². The van der Waals surface area contributed by atoms with Crippen molar-refractivity contribution >= 4 is 5.69 Å². The Balaban J connectivity index is 2.09. The van der Waals surface area contributed by atoms with Crippen molar-refractivity contribution in [2.24, 2.45) is 0 Å². The second-order valence-electron chi connectivity index (χ2n) is 4.79. The number of aromatic nitrogens is 1. The monoisotopic (exact) mass is 243 g/mol. The highest BCUT2D eigenvalue weighted by molar-refractivity contribution is 5.52. The molecule has 1 aromatic rings. The Morgan fingerprint density at radius 2 is 2.39 bits per heavy atom. The van der Waals surface area contributed by atoms with Gasteiger partial charge in [0.15, 0.2) is 0 Å². The van der Waals surface area contributed by atoms with E-state index in [2.05, 4.69) is 34.1 Å². The molecule has 1 aliphatic rings. The molecular weight excluding hydrogens is 222 g/mol. The maximum Gasteiger partial charge on any atom is 0.0792 e. The van der Waals surface area contributed by atoms with Gasteiger partial charge in [0.05, 0.1) is 18.4 Å². The van der Waals surface area contributed by atoms with Crippen molar-refractivity contribution in [1.82, 2.24) is 10.3 Å². The van der Waals surface area contributed by atoms with Crippen molar-refractivity contribution in [2.45, 2.75) is 38.8 Å². The molecule has 3 heteroatoms. The predicted molar refractivity (Wildman–Crippen MR) is 75.4 cm³/mol. The van der Waals surface area contributed by atoms with Crippen LogP contribution in [0.5, 0.6) is 0 Å². The number of pyridine rings is 1. The summed E-state index contributed by atoms with van der Waals surface area (Å²) >= 11 is 0. The molecule has 2 rings (SSSR count). The molecule has 0 radical (unpaired) electrons. The summed E-state index contributed by atoms with van der Waals surface area (Å²) in [6.07, 6.45) is 12.9. The van der Waals surface area contributed by atoms with E-state index in [4.69, 9.17) is 6.42 Å². The molecule has 96 valence electrons. The van der Waals surface area contributed by atoms with Crippen LogP contribution in [-0.4, -0.2) is 24.1 Å². The Kier molecular flexibility index (Phi) is 4.60. The highest BCUT2D eigenvalue weighted by atomic mass is 15.1. The molecular formula is C15H21N3. The first-order chi connectivity index (χ1) is 8.85. The number of nitrogens with one attached hydrogen (secondary N) is 1. The zero-order valence-corrected chi connectivity index (χ0v) is 11.0. The van der Waals surface area contributed by atoms with Gasteiger partial charge in [0.25, 0.3) is 0 Å². The van der Waals surface area contributed by atoms with Crippen LogP contribution in [0.15, 0.2) is 18.5 Å². The molecule has 1 N–H and O–H groups in total. The molecule has 0 bridgehead atoms. The summed E-state index contributed by atoms with van der Waals surface area (Å²) in [5, 5.41) is 3.55. The Labute approximate surface area is 110 Å². The second kappa shape index (κ2) is 6.42. The summed E-state index contributed by atoms with van der Waals surface area (Å²) in [4.78, 5) is 6.47. The third-order valence-electron chi connectivity index (χ3n) is 3.16. The molecule has 0 saturated heterocycles. The van der Waals surface area contributed by atoms with Gasteiger partial charge in [-0.15, -0.1) is 6.42 Å². The normalized spacial score (nSPS) is 14.2. The SMILES string of the molecule is C#CCN(CCC)c1cnccc1CNC1CC1. The zero-order valence-electron chi connectivity index (χ0n) is 11.0. The molecule has 1 aromatic heterocycles. The van der Waals surface area contributed by atoms with E-state index >= 15 is 0 Å². The van der Waals surface area contributed by atoms with Crippen molar-refractivity contribution in [3.05, 3.63) is 24.0 Å². The van der Waals surface area contributed by atoms with Crippen molar-refractivity contribution in [2.75, 3.05) is 18.0 Å². The molecule has 1 aliphatic carbocycles. The average Bonchev–Trinajstić information content (AvgIpc) is 3.21. The van der Waals surface area contributed by atoms with E-state index in [0.29, 0.717) is 6.54 Å².